The Morgan fingerprint density at radius 1 is 1.24 bits per heavy atom. The molecule has 1 aromatic heterocycles. The Labute approximate surface area is 147 Å². The summed E-state index contributed by atoms with van der Waals surface area (Å²) in [6, 6.07) is 9.96. The van der Waals surface area contributed by atoms with E-state index < -0.39 is 0 Å². The Bertz CT molecular complexity index is 739. The van der Waals surface area contributed by atoms with Gasteiger partial charge >= 0.3 is 0 Å². The van der Waals surface area contributed by atoms with E-state index in [9.17, 15) is 4.79 Å². The highest BCUT2D eigenvalue weighted by molar-refractivity contribution is 5.76. The van der Waals surface area contributed by atoms with Crippen LogP contribution in [0.1, 0.15) is 56.2 Å². The first-order valence-electron chi connectivity index (χ1n) is 9.11. The van der Waals surface area contributed by atoms with Crippen LogP contribution in [0.2, 0.25) is 0 Å². The van der Waals surface area contributed by atoms with E-state index in [0.29, 0.717) is 25.5 Å². The molecule has 1 aromatic carbocycles. The number of hydrogen-bond donors (Lipinski definition) is 0. The molecule has 0 unspecified atom stereocenters. The van der Waals surface area contributed by atoms with Crippen molar-refractivity contribution < 1.29 is 9.53 Å². The number of rotatable bonds is 6. The smallest absolute Gasteiger partial charge is 0.223 e. The highest BCUT2D eigenvalue weighted by Crippen LogP contribution is 2.41. The maximum absolute atomic E-state index is 12.5. The summed E-state index contributed by atoms with van der Waals surface area (Å²) in [5.74, 6) is 3.65. The van der Waals surface area contributed by atoms with E-state index in [1.54, 1.807) is 0 Å². The third-order valence-electron chi connectivity index (χ3n) is 4.89. The van der Waals surface area contributed by atoms with Gasteiger partial charge in [0.2, 0.25) is 5.91 Å². The summed E-state index contributed by atoms with van der Waals surface area (Å²) in [7, 11) is 0. The number of fused-ring (bicyclic) bond motifs is 1. The molecule has 1 aliphatic carbocycles. The van der Waals surface area contributed by atoms with Gasteiger partial charge in [-0.15, -0.1) is 10.2 Å². The van der Waals surface area contributed by atoms with E-state index in [1.165, 1.54) is 12.8 Å². The standard InChI is InChI=1S/C19H24N4O2/c1-14-12-22(13-17-20-21-19(23(14)17)15-9-10-15)18(24)8-5-11-25-16-6-3-2-4-7-16/h2-4,6-7,14-15H,5,8-13H2,1H3/t14-/m0/s1. The number of para-hydroxylation sites is 1. The number of amides is 1. The predicted molar refractivity (Wildman–Crippen MR) is 93.3 cm³/mol. The van der Waals surface area contributed by atoms with Crippen molar-refractivity contribution in [2.75, 3.05) is 13.2 Å². The van der Waals surface area contributed by atoms with Crippen LogP contribution in [0.5, 0.6) is 5.75 Å². The lowest BCUT2D eigenvalue weighted by atomic mass is 10.2. The number of ether oxygens (including phenoxy) is 1. The van der Waals surface area contributed by atoms with Crippen LogP contribution in [0.25, 0.3) is 0 Å². The maximum Gasteiger partial charge on any atom is 0.223 e. The average molecular weight is 340 g/mol. The maximum atomic E-state index is 12.5. The molecule has 0 bridgehead atoms. The zero-order chi connectivity index (χ0) is 17.2. The van der Waals surface area contributed by atoms with Crippen molar-refractivity contribution >= 4 is 5.91 Å². The zero-order valence-electron chi connectivity index (χ0n) is 14.6. The second-order valence-electron chi connectivity index (χ2n) is 7.01. The van der Waals surface area contributed by atoms with E-state index in [1.807, 2.05) is 35.2 Å². The molecule has 1 atom stereocenters. The molecule has 132 valence electrons. The van der Waals surface area contributed by atoms with Gasteiger partial charge in [0.15, 0.2) is 5.82 Å². The van der Waals surface area contributed by atoms with E-state index in [4.69, 9.17) is 4.74 Å². The van der Waals surface area contributed by atoms with Crippen LogP contribution in [0.4, 0.5) is 0 Å². The molecule has 2 heterocycles. The van der Waals surface area contributed by atoms with Crippen LogP contribution in [-0.2, 0) is 11.3 Å². The van der Waals surface area contributed by atoms with Crippen LogP contribution in [-0.4, -0.2) is 38.7 Å². The van der Waals surface area contributed by atoms with Gasteiger partial charge in [-0.2, -0.15) is 0 Å². The Kier molecular flexibility index (Phi) is 4.42. The average Bonchev–Trinajstić information content (AvgIpc) is 3.38. The fourth-order valence-electron chi connectivity index (χ4n) is 3.46. The van der Waals surface area contributed by atoms with Gasteiger partial charge in [-0.3, -0.25) is 4.79 Å². The van der Waals surface area contributed by atoms with Gasteiger partial charge in [-0.1, -0.05) is 18.2 Å². The summed E-state index contributed by atoms with van der Waals surface area (Å²) < 4.78 is 7.91. The molecule has 6 heteroatoms. The Balaban J connectivity index is 1.29. The zero-order valence-corrected chi connectivity index (χ0v) is 14.6. The summed E-state index contributed by atoms with van der Waals surface area (Å²) in [4.78, 5) is 14.4. The Hall–Kier alpha value is -2.37. The van der Waals surface area contributed by atoms with Crippen LogP contribution < -0.4 is 4.74 Å². The molecular formula is C19H24N4O2. The van der Waals surface area contributed by atoms with Crippen molar-refractivity contribution in [3.8, 4) is 5.75 Å². The second-order valence-corrected chi connectivity index (χ2v) is 7.01. The Morgan fingerprint density at radius 2 is 2.04 bits per heavy atom. The van der Waals surface area contributed by atoms with E-state index in [-0.39, 0.29) is 11.9 Å². The third kappa shape index (κ3) is 3.52. The van der Waals surface area contributed by atoms with Crippen LogP contribution >= 0.6 is 0 Å². The number of benzene rings is 1. The van der Waals surface area contributed by atoms with Crippen molar-refractivity contribution in [2.24, 2.45) is 0 Å². The van der Waals surface area contributed by atoms with Crippen LogP contribution in [0.15, 0.2) is 30.3 Å². The van der Waals surface area contributed by atoms with Crippen molar-refractivity contribution in [3.63, 3.8) is 0 Å². The molecule has 1 saturated carbocycles. The minimum Gasteiger partial charge on any atom is -0.494 e. The molecule has 4 rings (SSSR count). The molecule has 6 nitrogen and oxygen atoms in total. The topological polar surface area (TPSA) is 60.3 Å². The minimum atomic E-state index is 0.172. The molecule has 2 aromatic rings. The van der Waals surface area contributed by atoms with Crippen molar-refractivity contribution in [1.82, 2.24) is 19.7 Å². The second kappa shape index (κ2) is 6.86. The van der Waals surface area contributed by atoms with Crippen LogP contribution in [0, 0.1) is 0 Å². The lowest BCUT2D eigenvalue weighted by Gasteiger charge is -2.32. The minimum absolute atomic E-state index is 0.172. The first-order valence-corrected chi connectivity index (χ1v) is 9.11. The molecule has 0 saturated heterocycles. The van der Waals surface area contributed by atoms with Crippen molar-refractivity contribution in [3.05, 3.63) is 42.0 Å². The molecule has 0 spiro atoms. The van der Waals surface area contributed by atoms with E-state index in [0.717, 1.165) is 30.4 Å². The highest BCUT2D eigenvalue weighted by atomic mass is 16.5. The van der Waals surface area contributed by atoms with Gasteiger partial charge in [-0.25, -0.2) is 0 Å². The SMILES string of the molecule is C[C@H]1CN(C(=O)CCCOc2ccccc2)Cc2nnc(C3CC3)n21. The van der Waals surface area contributed by atoms with Gasteiger partial charge in [-0.05, 0) is 38.3 Å². The number of nitrogens with zero attached hydrogens (tertiary/aromatic N) is 4. The van der Waals surface area contributed by atoms with Crippen molar-refractivity contribution in [2.45, 2.75) is 51.1 Å². The lowest BCUT2D eigenvalue weighted by molar-refractivity contribution is -0.133. The highest BCUT2D eigenvalue weighted by Gasteiger charge is 2.35. The van der Waals surface area contributed by atoms with Gasteiger partial charge in [0, 0.05) is 18.9 Å². The molecule has 0 radical (unpaired) electrons. The van der Waals surface area contributed by atoms with Crippen LogP contribution in [0.3, 0.4) is 0 Å². The number of aromatic nitrogens is 3. The van der Waals surface area contributed by atoms with E-state index in [2.05, 4.69) is 21.7 Å². The van der Waals surface area contributed by atoms with Gasteiger partial charge < -0.3 is 14.2 Å². The lowest BCUT2D eigenvalue weighted by Crippen LogP contribution is -2.40. The Morgan fingerprint density at radius 3 is 2.80 bits per heavy atom. The third-order valence-corrected chi connectivity index (χ3v) is 4.89. The monoisotopic (exact) mass is 340 g/mol. The molecular weight excluding hydrogens is 316 g/mol. The summed E-state index contributed by atoms with van der Waals surface area (Å²) >= 11 is 0. The normalized spacial score (nSPS) is 19.6. The van der Waals surface area contributed by atoms with Gasteiger partial charge in [0.1, 0.15) is 11.6 Å². The molecule has 1 amide bonds. The quantitative estimate of drug-likeness (QED) is 0.759. The molecule has 0 N–H and O–H groups in total. The number of carbonyl (C=O) groups excluding carboxylic acids is 1. The summed E-state index contributed by atoms with van der Waals surface area (Å²) in [5.41, 5.74) is 0. The van der Waals surface area contributed by atoms with Gasteiger partial charge in [0.25, 0.3) is 0 Å². The van der Waals surface area contributed by atoms with E-state index >= 15 is 0 Å². The first kappa shape index (κ1) is 16.1. The fraction of sp³-hybridized carbons (Fsp3) is 0.526. The summed E-state index contributed by atoms with van der Waals surface area (Å²) in [6.07, 6.45) is 3.66. The summed E-state index contributed by atoms with van der Waals surface area (Å²) in [6.45, 7) is 4.02. The first-order chi connectivity index (χ1) is 12.2. The number of hydrogen-bond acceptors (Lipinski definition) is 4. The molecule has 25 heavy (non-hydrogen) atoms. The van der Waals surface area contributed by atoms with Gasteiger partial charge in [0.05, 0.1) is 19.2 Å². The number of carbonyl (C=O) groups is 1. The fourth-order valence-corrected chi connectivity index (χ4v) is 3.46. The summed E-state index contributed by atoms with van der Waals surface area (Å²) in [5, 5.41) is 8.70. The molecule has 1 fully saturated rings. The molecule has 2 aliphatic rings. The molecule has 1 aliphatic heterocycles. The predicted octanol–water partition coefficient (Wildman–Crippen LogP) is 2.92. The largest absolute Gasteiger partial charge is 0.494 e. The van der Waals surface area contributed by atoms with Crippen molar-refractivity contribution in [1.29, 1.82) is 0 Å².